The van der Waals surface area contributed by atoms with Crippen LogP contribution in [0.3, 0.4) is 0 Å². The minimum Gasteiger partial charge on any atom is -0.323 e. The lowest BCUT2D eigenvalue weighted by atomic mass is 10.3. The van der Waals surface area contributed by atoms with E-state index in [0.29, 0.717) is 0 Å². The molecule has 0 aliphatic rings. The first-order chi connectivity index (χ1) is 11.6. The van der Waals surface area contributed by atoms with Gasteiger partial charge >= 0.3 is 0 Å². The molecule has 0 spiro atoms. The van der Waals surface area contributed by atoms with Crippen molar-refractivity contribution in [1.29, 1.82) is 0 Å². The number of anilines is 1. The summed E-state index contributed by atoms with van der Waals surface area (Å²) in [5, 5.41) is 3.02. The third kappa shape index (κ3) is 3.28. The van der Waals surface area contributed by atoms with Crippen LogP contribution in [0.4, 0.5) is 10.1 Å². The Labute approximate surface area is 144 Å². The van der Waals surface area contributed by atoms with Crippen molar-refractivity contribution >= 4 is 34.4 Å². The molecule has 124 valence electrons. The summed E-state index contributed by atoms with van der Waals surface area (Å²) in [5.74, 6) is -0.691. The van der Waals surface area contributed by atoms with Crippen molar-refractivity contribution in [1.82, 2.24) is 9.55 Å². The number of hydrogen-bond donors (Lipinski definition) is 1. The normalized spacial score (nSPS) is 12.3. The molecule has 1 heterocycles. The molecule has 0 saturated heterocycles. The first kappa shape index (κ1) is 16.5. The zero-order chi connectivity index (χ0) is 17.1. The van der Waals surface area contributed by atoms with Crippen LogP contribution in [-0.2, 0) is 11.3 Å². The van der Waals surface area contributed by atoms with Crippen LogP contribution >= 0.6 is 11.8 Å². The maximum atomic E-state index is 13.7. The second kappa shape index (κ2) is 7.05. The fourth-order valence-corrected chi connectivity index (χ4v) is 3.45. The summed E-state index contributed by atoms with van der Waals surface area (Å²) < 4.78 is 15.7. The Bertz CT molecular complexity index is 878. The molecule has 24 heavy (non-hydrogen) atoms. The largest absolute Gasteiger partial charge is 0.323 e. The SMILES string of the molecule is CCn1c(S[C@H](C)C(=O)Nc2ccccc2F)nc2ccccc21. The Kier molecular flexibility index (Phi) is 4.85. The fraction of sp³-hybridized carbons (Fsp3) is 0.222. The van der Waals surface area contributed by atoms with Gasteiger partial charge < -0.3 is 9.88 Å². The van der Waals surface area contributed by atoms with E-state index in [1.165, 1.54) is 17.8 Å². The number of fused-ring (bicyclic) bond motifs is 1. The first-order valence-corrected chi connectivity index (χ1v) is 8.65. The minimum atomic E-state index is -0.441. The molecule has 1 amide bonds. The molecule has 0 saturated carbocycles. The van der Waals surface area contributed by atoms with Crippen LogP contribution in [0.1, 0.15) is 13.8 Å². The molecule has 3 aromatic rings. The molecular weight excluding hydrogens is 325 g/mol. The number of hydrogen-bond acceptors (Lipinski definition) is 3. The Balaban J connectivity index is 1.78. The summed E-state index contributed by atoms with van der Waals surface area (Å²) in [6.45, 7) is 4.60. The van der Waals surface area contributed by atoms with Gasteiger partial charge in [-0.1, -0.05) is 36.0 Å². The number of rotatable bonds is 5. The van der Waals surface area contributed by atoms with Gasteiger partial charge in [-0.25, -0.2) is 9.37 Å². The number of aryl methyl sites for hydroxylation is 1. The number of nitrogens with one attached hydrogen (secondary N) is 1. The molecular formula is C18H18FN3OS. The Hall–Kier alpha value is -2.34. The number of carbonyl (C=O) groups excluding carboxylic acids is 1. The highest BCUT2D eigenvalue weighted by atomic mass is 32.2. The van der Waals surface area contributed by atoms with E-state index in [9.17, 15) is 9.18 Å². The summed E-state index contributed by atoms with van der Waals surface area (Å²) >= 11 is 1.37. The van der Waals surface area contributed by atoms with Crippen molar-refractivity contribution < 1.29 is 9.18 Å². The van der Waals surface area contributed by atoms with Crippen LogP contribution in [0.5, 0.6) is 0 Å². The lowest BCUT2D eigenvalue weighted by Crippen LogP contribution is -2.23. The summed E-state index contributed by atoms with van der Waals surface area (Å²) in [4.78, 5) is 17.0. The number of aromatic nitrogens is 2. The standard InChI is InChI=1S/C18H18FN3OS/c1-3-22-16-11-7-6-10-15(16)21-18(22)24-12(2)17(23)20-14-9-5-4-8-13(14)19/h4-12H,3H2,1-2H3,(H,20,23)/t12-/m1/s1. The highest BCUT2D eigenvalue weighted by Crippen LogP contribution is 2.28. The van der Waals surface area contributed by atoms with Crippen molar-refractivity contribution in [2.75, 3.05) is 5.32 Å². The van der Waals surface area contributed by atoms with E-state index in [0.717, 1.165) is 22.7 Å². The lowest BCUT2D eigenvalue weighted by molar-refractivity contribution is -0.115. The van der Waals surface area contributed by atoms with Crippen molar-refractivity contribution in [3.8, 4) is 0 Å². The van der Waals surface area contributed by atoms with Crippen LogP contribution in [0.15, 0.2) is 53.7 Å². The number of halogens is 1. The van der Waals surface area contributed by atoms with Gasteiger partial charge in [-0.05, 0) is 38.1 Å². The van der Waals surface area contributed by atoms with E-state index in [2.05, 4.69) is 14.9 Å². The molecule has 0 radical (unpaired) electrons. The molecule has 1 atom stereocenters. The summed E-state index contributed by atoms with van der Waals surface area (Å²) in [6, 6.07) is 14.0. The molecule has 3 rings (SSSR count). The van der Waals surface area contributed by atoms with Crippen molar-refractivity contribution in [2.24, 2.45) is 0 Å². The van der Waals surface area contributed by atoms with Gasteiger partial charge in [-0.3, -0.25) is 4.79 Å². The number of thioether (sulfide) groups is 1. The Morgan fingerprint density at radius 3 is 2.71 bits per heavy atom. The van der Waals surface area contributed by atoms with E-state index < -0.39 is 11.1 Å². The quantitative estimate of drug-likeness (QED) is 0.702. The van der Waals surface area contributed by atoms with Crippen LogP contribution in [0, 0.1) is 5.82 Å². The van der Waals surface area contributed by atoms with E-state index >= 15 is 0 Å². The molecule has 2 aromatic carbocycles. The van der Waals surface area contributed by atoms with Crippen molar-refractivity contribution in [3.05, 3.63) is 54.3 Å². The predicted molar refractivity (Wildman–Crippen MR) is 95.8 cm³/mol. The predicted octanol–water partition coefficient (Wildman–Crippen LogP) is 4.31. The molecule has 1 N–H and O–H groups in total. The molecule has 1 aromatic heterocycles. The zero-order valence-corrected chi connectivity index (χ0v) is 14.3. The third-order valence-electron chi connectivity index (χ3n) is 3.72. The van der Waals surface area contributed by atoms with Gasteiger partial charge in [0, 0.05) is 6.54 Å². The fourth-order valence-electron chi connectivity index (χ4n) is 2.46. The average molecular weight is 343 g/mol. The number of carbonyl (C=O) groups is 1. The maximum absolute atomic E-state index is 13.7. The van der Waals surface area contributed by atoms with Crippen LogP contribution in [-0.4, -0.2) is 20.7 Å². The highest BCUT2D eigenvalue weighted by molar-refractivity contribution is 8.00. The Morgan fingerprint density at radius 2 is 1.96 bits per heavy atom. The van der Waals surface area contributed by atoms with E-state index in [-0.39, 0.29) is 11.6 Å². The van der Waals surface area contributed by atoms with Gasteiger partial charge in [-0.2, -0.15) is 0 Å². The molecule has 0 aliphatic carbocycles. The van der Waals surface area contributed by atoms with Gasteiger partial charge in [0.2, 0.25) is 5.91 Å². The van der Waals surface area contributed by atoms with Gasteiger partial charge in [0.1, 0.15) is 5.82 Å². The van der Waals surface area contributed by atoms with Gasteiger partial charge in [0.05, 0.1) is 22.0 Å². The summed E-state index contributed by atoms with van der Waals surface area (Å²) in [7, 11) is 0. The third-order valence-corrected chi connectivity index (χ3v) is 4.81. The molecule has 0 bridgehead atoms. The van der Waals surface area contributed by atoms with Gasteiger partial charge in [0.15, 0.2) is 5.16 Å². The maximum Gasteiger partial charge on any atom is 0.237 e. The smallest absolute Gasteiger partial charge is 0.237 e. The number of amides is 1. The minimum absolute atomic E-state index is 0.193. The van der Waals surface area contributed by atoms with Crippen LogP contribution < -0.4 is 5.32 Å². The molecule has 0 aliphatic heterocycles. The van der Waals surface area contributed by atoms with Crippen molar-refractivity contribution in [2.45, 2.75) is 30.8 Å². The Morgan fingerprint density at radius 1 is 1.25 bits per heavy atom. The highest BCUT2D eigenvalue weighted by Gasteiger charge is 2.19. The second-order valence-corrected chi connectivity index (χ2v) is 6.66. The monoisotopic (exact) mass is 343 g/mol. The molecule has 0 unspecified atom stereocenters. The van der Waals surface area contributed by atoms with E-state index in [1.54, 1.807) is 25.1 Å². The summed E-state index contributed by atoms with van der Waals surface area (Å²) in [5.41, 5.74) is 2.15. The first-order valence-electron chi connectivity index (χ1n) is 7.77. The molecule has 6 heteroatoms. The van der Waals surface area contributed by atoms with Crippen LogP contribution in [0.2, 0.25) is 0 Å². The van der Waals surface area contributed by atoms with Crippen molar-refractivity contribution in [3.63, 3.8) is 0 Å². The number of benzene rings is 2. The van der Waals surface area contributed by atoms with Gasteiger partial charge in [-0.15, -0.1) is 0 Å². The van der Waals surface area contributed by atoms with E-state index in [4.69, 9.17) is 0 Å². The summed E-state index contributed by atoms with van der Waals surface area (Å²) in [6.07, 6.45) is 0. The number of nitrogens with zero attached hydrogens (tertiary/aromatic N) is 2. The van der Waals surface area contributed by atoms with Gasteiger partial charge in [0.25, 0.3) is 0 Å². The lowest BCUT2D eigenvalue weighted by Gasteiger charge is -2.13. The topological polar surface area (TPSA) is 46.9 Å². The average Bonchev–Trinajstić information content (AvgIpc) is 2.93. The number of imidazole rings is 1. The van der Waals surface area contributed by atoms with E-state index in [1.807, 2.05) is 31.2 Å². The number of para-hydroxylation sites is 3. The second-order valence-electron chi connectivity index (χ2n) is 5.36. The van der Waals surface area contributed by atoms with Crippen LogP contribution in [0.25, 0.3) is 11.0 Å². The molecule has 4 nitrogen and oxygen atoms in total. The zero-order valence-electron chi connectivity index (χ0n) is 13.5. The molecule has 0 fully saturated rings.